The van der Waals surface area contributed by atoms with Crippen LogP contribution in [0.2, 0.25) is 0 Å². The Bertz CT molecular complexity index is 616. The van der Waals surface area contributed by atoms with E-state index in [4.69, 9.17) is 10.00 Å². The Balaban J connectivity index is 2.18. The Labute approximate surface area is 109 Å². The average Bonchev–Trinajstić information content (AvgIpc) is 2.91. The van der Waals surface area contributed by atoms with Gasteiger partial charge in [0.1, 0.15) is 36.7 Å². The first-order valence-electron chi connectivity index (χ1n) is 5.44. The van der Waals surface area contributed by atoms with Gasteiger partial charge in [-0.05, 0) is 12.1 Å². The lowest BCUT2D eigenvalue weighted by Gasteiger charge is -2.11. The minimum atomic E-state index is -0.313. The lowest BCUT2D eigenvalue weighted by Crippen LogP contribution is -2.20. The van der Waals surface area contributed by atoms with E-state index in [9.17, 15) is 4.79 Å². The maximum Gasteiger partial charge on any atom is 0.246 e. The first kappa shape index (κ1) is 12.6. The van der Waals surface area contributed by atoms with E-state index in [0.29, 0.717) is 17.0 Å². The molecule has 7 nitrogen and oxygen atoms in total. The van der Waals surface area contributed by atoms with E-state index in [0.717, 1.165) is 0 Å². The second kappa shape index (κ2) is 5.64. The molecule has 0 radical (unpaired) electrons. The van der Waals surface area contributed by atoms with Gasteiger partial charge in [-0.3, -0.25) is 4.79 Å². The number of carbonyl (C=O) groups excluding carboxylic acids is 1. The topological polar surface area (TPSA) is 92.8 Å². The van der Waals surface area contributed by atoms with Gasteiger partial charge < -0.3 is 10.1 Å². The quantitative estimate of drug-likeness (QED) is 0.874. The summed E-state index contributed by atoms with van der Waals surface area (Å²) in [6, 6.07) is 6.97. The molecule has 0 aliphatic heterocycles. The second-order valence-corrected chi connectivity index (χ2v) is 3.64. The smallest absolute Gasteiger partial charge is 0.246 e. The van der Waals surface area contributed by atoms with E-state index in [2.05, 4.69) is 15.4 Å². The molecule has 1 heterocycles. The molecule has 1 N–H and O–H groups in total. The fourth-order valence-corrected chi connectivity index (χ4v) is 1.56. The lowest BCUT2D eigenvalue weighted by molar-refractivity contribution is -0.116. The summed E-state index contributed by atoms with van der Waals surface area (Å²) in [5.41, 5.74) is 0.698. The largest absolute Gasteiger partial charge is 0.495 e. The monoisotopic (exact) mass is 257 g/mol. The zero-order valence-corrected chi connectivity index (χ0v) is 10.2. The van der Waals surface area contributed by atoms with Crippen LogP contribution >= 0.6 is 0 Å². The van der Waals surface area contributed by atoms with Crippen LogP contribution in [0.3, 0.4) is 0 Å². The molecule has 2 rings (SSSR count). The maximum absolute atomic E-state index is 11.9. The van der Waals surface area contributed by atoms with Gasteiger partial charge in [-0.1, -0.05) is 6.07 Å². The Morgan fingerprint density at radius 1 is 1.58 bits per heavy atom. The van der Waals surface area contributed by atoms with Crippen molar-refractivity contribution in [2.24, 2.45) is 0 Å². The first-order chi connectivity index (χ1) is 9.24. The molecule has 0 aliphatic rings. The molecular formula is C12H11N5O2. The maximum atomic E-state index is 11.9. The number of nitrogens with one attached hydrogen (secondary N) is 1. The van der Waals surface area contributed by atoms with Gasteiger partial charge >= 0.3 is 0 Å². The predicted molar refractivity (Wildman–Crippen MR) is 66.4 cm³/mol. The molecule has 0 saturated carbocycles. The molecule has 1 amide bonds. The van der Waals surface area contributed by atoms with Crippen LogP contribution in [0.25, 0.3) is 0 Å². The van der Waals surface area contributed by atoms with Crippen LogP contribution in [-0.2, 0) is 11.3 Å². The summed E-state index contributed by atoms with van der Waals surface area (Å²) in [6.07, 6.45) is 2.78. The van der Waals surface area contributed by atoms with Crippen LogP contribution in [0, 0.1) is 11.3 Å². The van der Waals surface area contributed by atoms with Crippen molar-refractivity contribution in [1.29, 1.82) is 5.26 Å². The zero-order chi connectivity index (χ0) is 13.7. The van der Waals surface area contributed by atoms with E-state index >= 15 is 0 Å². The molecule has 0 fully saturated rings. The van der Waals surface area contributed by atoms with Crippen molar-refractivity contribution in [2.45, 2.75) is 6.54 Å². The van der Waals surface area contributed by atoms with Gasteiger partial charge in [0.15, 0.2) is 0 Å². The number of rotatable bonds is 4. The number of benzene rings is 1. The highest BCUT2D eigenvalue weighted by molar-refractivity contribution is 5.93. The fraction of sp³-hybridized carbons (Fsp3) is 0.167. The Kier molecular flexibility index (Phi) is 3.73. The van der Waals surface area contributed by atoms with Gasteiger partial charge in [-0.2, -0.15) is 10.4 Å². The van der Waals surface area contributed by atoms with E-state index in [-0.39, 0.29) is 12.5 Å². The number of carbonyl (C=O) groups is 1. The number of nitrogens with zero attached hydrogens (tertiary/aromatic N) is 4. The molecule has 0 unspecified atom stereocenters. The molecule has 0 atom stereocenters. The summed E-state index contributed by atoms with van der Waals surface area (Å²) in [6.45, 7) is 0.0168. The summed E-state index contributed by atoms with van der Waals surface area (Å²) in [5, 5.41) is 15.5. The number of hydrogen-bond donors (Lipinski definition) is 1. The van der Waals surface area contributed by atoms with Crippen molar-refractivity contribution in [3.63, 3.8) is 0 Å². The molecule has 0 bridgehead atoms. The Hall–Kier alpha value is -2.88. The summed E-state index contributed by atoms with van der Waals surface area (Å²) in [4.78, 5) is 15.6. The van der Waals surface area contributed by atoms with Crippen molar-refractivity contribution in [3.8, 4) is 11.8 Å². The van der Waals surface area contributed by atoms with Crippen LogP contribution in [0.1, 0.15) is 5.56 Å². The average molecular weight is 257 g/mol. The predicted octanol–water partition coefficient (Wildman–Crippen LogP) is 0.797. The molecule has 7 heteroatoms. The third-order valence-corrected chi connectivity index (χ3v) is 2.40. The fourth-order valence-electron chi connectivity index (χ4n) is 1.56. The highest BCUT2D eigenvalue weighted by Crippen LogP contribution is 2.27. The molecule has 19 heavy (non-hydrogen) atoms. The van der Waals surface area contributed by atoms with Crippen LogP contribution < -0.4 is 10.1 Å². The van der Waals surface area contributed by atoms with E-state index in [1.165, 1.54) is 24.4 Å². The third kappa shape index (κ3) is 2.87. The number of ether oxygens (including phenoxy) is 1. The van der Waals surface area contributed by atoms with Crippen molar-refractivity contribution in [1.82, 2.24) is 14.8 Å². The molecule has 2 aromatic rings. The van der Waals surface area contributed by atoms with Crippen molar-refractivity contribution < 1.29 is 9.53 Å². The SMILES string of the molecule is COc1cccc(C#N)c1NC(=O)Cn1cncn1. The summed E-state index contributed by atoms with van der Waals surface area (Å²) in [7, 11) is 1.48. The second-order valence-electron chi connectivity index (χ2n) is 3.64. The molecule has 1 aromatic heterocycles. The minimum Gasteiger partial charge on any atom is -0.495 e. The number of para-hydroxylation sites is 1. The van der Waals surface area contributed by atoms with Gasteiger partial charge in [0.2, 0.25) is 5.91 Å². The minimum absolute atomic E-state index is 0.0168. The number of amides is 1. The Morgan fingerprint density at radius 3 is 3.05 bits per heavy atom. The first-order valence-corrected chi connectivity index (χ1v) is 5.44. The van der Waals surface area contributed by atoms with Gasteiger partial charge in [-0.15, -0.1) is 0 Å². The molecule has 0 saturated heterocycles. The number of methoxy groups -OCH3 is 1. The van der Waals surface area contributed by atoms with E-state index in [1.807, 2.05) is 6.07 Å². The van der Waals surface area contributed by atoms with E-state index in [1.54, 1.807) is 18.2 Å². The molecule has 96 valence electrons. The standard InChI is InChI=1S/C12H11N5O2/c1-19-10-4-2-3-9(5-13)12(10)16-11(18)6-17-8-14-7-15-17/h2-4,7-8H,6H2,1H3,(H,16,18). The van der Waals surface area contributed by atoms with Crippen molar-refractivity contribution >= 4 is 11.6 Å². The van der Waals surface area contributed by atoms with Crippen LogP contribution in [0.15, 0.2) is 30.9 Å². The van der Waals surface area contributed by atoms with Gasteiger partial charge in [0.05, 0.1) is 12.7 Å². The number of aromatic nitrogens is 3. The number of hydrogen-bond acceptors (Lipinski definition) is 5. The zero-order valence-electron chi connectivity index (χ0n) is 10.2. The van der Waals surface area contributed by atoms with Crippen molar-refractivity contribution in [2.75, 3.05) is 12.4 Å². The van der Waals surface area contributed by atoms with Gasteiger partial charge in [0.25, 0.3) is 0 Å². The molecular weight excluding hydrogens is 246 g/mol. The van der Waals surface area contributed by atoms with Gasteiger partial charge in [-0.25, -0.2) is 9.67 Å². The van der Waals surface area contributed by atoms with Gasteiger partial charge in [0, 0.05) is 0 Å². The van der Waals surface area contributed by atoms with E-state index < -0.39 is 0 Å². The summed E-state index contributed by atoms with van der Waals surface area (Å²) in [5.74, 6) is 0.123. The molecule has 1 aromatic carbocycles. The van der Waals surface area contributed by atoms with Crippen LogP contribution in [0.5, 0.6) is 5.75 Å². The van der Waals surface area contributed by atoms with Crippen LogP contribution in [0.4, 0.5) is 5.69 Å². The van der Waals surface area contributed by atoms with Crippen LogP contribution in [-0.4, -0.2) is 27.8 Å². The number of anilines is 1. The normalized spacial score (nSPS) is 9.68. The number of nitriles is 1. The molecule has 0 spiro atoms. The Morgan fingerprint density at radius 2 is 2.42 bits per heavy atom. The highest BCUT2D eigenvalue weighted by Gasteiger charge is 2.12. The van der Waals surface area contributed by atoms with Crippen molar-refractivity contribution in [3.05, 3.63) is 36.4 Å². The third-order valence-electron chi connectivity index (χ3n) is 2.40. The highest BCUT2D eigenvalue weighted by atomic mass is 16.5. The summed E-state index contributed by atoms with van der Waals surface area (Å²) >= 11 is 0. The lowest BCUT2D eigenvalue weighted by atomic mass is 10.2. The molecule has 0 aliphatic carbocycles. The summed E-state index contributed by atoms with van der Waals surface area (Å²) < 4.78 is 6.51.